The summed E-state index contributed by atoms with van der Waals surface area (Å²) < 4.78 is 15.3. The van der Waals surface area contributed by atoms with Crippen molar-refractivity contribution in [3.05, 3.63) is 48.3 Å². The molecular formula is C17H20FN7. The Morgan fingerprint density at radius 3 is 2.56 bits per heavy atom. The summed E-state index contributed by atoms with van der Waals surface area (Å²) in [5.74, 6) is 1.53. The van der Waals surface area contributed by atoms with Crippen molar-refractivity contribution < 1.29 is 4.39 Å². The number of nitrogens with zero attached hydrogens (tertiary/aromatic N) is 6. The quantitative estimate of drug-likeness (QED) is 0.769. The highest BCUT2D eigenvalue weighted by Crippen LogP contribution is 2.20. The molecule has 0 radical (unpaired) electrons. The fourth-order valence-corrected chi connectivity index (χ4v) is 2.18. The molecule has 0 aliphatic heterocycles. The topological polar surface area (TPSA) is 71.8 Å². The highest BCUT2D eigenvalue weighted by atomic mass is 19.1. The number of para-hydroxylation sites is 1. The number of benzene rings is 1. The first-order chi connectivity index (χ1) is 11.9. The van der Waals surface area contributed by atoms with Gasteiger partial charge in [0, 0.05) is 20.0 Å². The Bertz CT molecular complexity index is 847. The van der Waals surface area contributed by atoms with E-state index in [9.17, 15) is 4.39 Å². The summed E-state index contributed by atoms with van der Waals surface area (Å²) in [6, 6.07) is 6.46. The second-order valence-corrected chi connectivity index (χ2v) is 6.12. The number of rotatable bonds is 5. The SMILES string of the molecule is CC(C)c1nc(Nc2cnn(-c3ccccc3F)c2)nc(N(C)C)n1. The van der Waals surface area contributed by atoms with E-state index in [4.69, 9.17) is 0 Å². The fourth-order valence-electron chi connectivity index (χ4n) is 2.18. The normalized spacial score (nSPS) is 11.0. The van der Waals surface area contributed by atoms with Gasteiger partial charge in [-0.3, -0.25) is 0 Å². The number of hydrogen-bond donors (Lipinski definition) is 1. The molecule has 0 spiro atoms. The molecule has 0 aliphatic rings. The summed E-state index contributed by atoms with van der Waals surface area (Å²) >= 11 is 0. The zero-order chi connectivity index (χ0) is 18.0. The minimum absolute atomic E-state index is 0.170. The van der Waals surface area contributed by atoms with E-state index >= 15 is 0 Å². The number of aromatic nitrogens is 5. The molecule has 0 aliphatic carbocycles. The van der Waals surface area contributed by atoms with Crippen LogP contribution in [0.2, 0.25) is 0 Å². The average molecular weight is 341 g/mol. The summed E-state index contributed by atoms with van der Waals surface area (Å²) in [7, 11) is 3.75. The predicted octanol–water partition coefficient (Wildman–Crippen LogP) is 3.13. The van der Waals surface area contributed by atoms with Crippen LogP contribution in [-0.4, -0.2) is 38.8 Å². The van der Waals surface area contributed by atoms with Crippen molar-refractivity contribution in [3.63, 3.8) is 0 Å². The van der Waals surface area contributed by atoms with E-state index in [-0.39, 0.29) is 11.7 Å². The smallest absolute Gasteiger partial charge is 0.232 e. The summed E-state index contributed by atoms with van der Waals surface area (Å²) in [4.78, 5) is 15.1. The van der Waals surface area contributed by atoms with Crippen molar-refractivity contribution >= 4 is 17.6 Å². The van der Waals surface area contributed by atoms with Gasteiger partial charge in [-0.25, -0.2) is 9.07 Å². The third-order valence-electron chi connectivity index (χ3n) is 3.50. The Hall–Kier alpha value is -3.03. The maximum Gasteiger partial charge on any atom is 0.232 e. The van der Waals surface area contributed by atoms with Gasteiger partial charge < -0.3 is 10.2 Å². The Balaban J connectivity index is 1.89. The van der Waals surface area contributed by atoms with Crippen molar-refractivity contribution in [1.29, 1.82) is 0 Å². The zero-order valence-corrected chi connectivity index (χ0v) is 14.6. The van der Waals surface area contributed by atoms with Crippen molar-refractivity contribution in [3.8, 4) is 5.69 Å². The maximum atomic E-state index is 13.9. The van der Waals surface area contributed by atoms with E-state index in [2.05, 4.69) is 25.4 Å². The molecule has 0 amide bonds. The standard InChI is InChI=1S/C17H20FN7/c1-11(2)15-21-16(23-17(22-15)24(3)4)20-12-9-19-25(10-12)14-8-6-5-7-13(14)18/h5-11H,1-4H3,(H,20,21,22,23). The van der Waals surface area contributed by atoms with Crippen molar-refractivity contribution in [2.45, 2.75) is 19.8 Å². The first-order valence-corrected chi connectivity index (χ1v) is 7.94. The molecule has 0 unspecified atom stereocenters. The highest BCUT2D eigenvalue weighted by molar-refractivity contribution is 5.53. The van der Waals surface area contributed by atoms with Gasteiger partial charge in [0.15, 0.2) is 0 Å². The molecule has 2 heterocycles. The van der Waals surface area contributed by atoms with Crippen molar-refractivity contribution in [2.75, 3.05) is 24.3 Å². The van der Waals surface area contributed by atoms with E-state index in [1.54, 1.807) is 30.6 Å². The van der Waals surface area contributed by atoms with Gasteiger partial charge >= 0.3 is 0 Å². The first kappa shape index (κ1) is 16.8. The Morgan fingerprint density at radius 1 is 1.12 bits per heavy atom. The van der Waals surface area contributed by atoms with E-state index in [1.807, 2.05) is 32.8 Å². The Labute approximate surface area is 145 Å². The van der Waals surface area contributed by atoms with E-state index in [0.717, 1.165) is 0 Å². The molecule has 1 N–H and O–H groups in total. The van der Waals surface area contributed by atoms with Crippen LogP contribution in [0.4, 0.5) is 22.0 Å². The number of hydrogen-bond acceptors (Lipinski definition) is 6. The monoisotopic (exact) mass is 341 g/mol. The minimum atomic E-state index is -0.339. The number of nitrogens with one attached hydrogen (secondary N) is 1. The molecule has 0 fully saturated rings. The molecule has 0 bridgehead atoms. The fraction of sp³-hybridized carbons (Fsp3) is 0.294. The van der Waals surface area contributed by atoms with Gasteiger partial charge in [0.1, 0.15) is 17.3 Å². The van der Waals surface area contributed by atoms with Gasteiger partial charge in [-0.05, 0) is 12.1 Å². The molecule has 130 valence electrons. The second-order valence-electron chi connectivity index (χ2n) is 6.12. The number of anilines is 3. The van der Waals surface area contributed by atoms with E-state index in [0.29, 0.717) is 29.1 Å². The minimum Gasteiger partial charge on any atom is -0.347 e. The van der Waals surface area contributed by atoms with Crippen LogP contribution in [-0.2, 0) is 0 Å². The summed E-state index contributed by atoms with van der Waals surface area (Å²) in [5.41, 5.74) is 1.04. The Kier molecular flexibility index (Phi) is 4.60. The van der Waals surface area contributed by atoms with Crippen LogP contribution < -0.4 is 10.2 Å². The molecule has 3 aromatic rings. The van der Waals surface area contributed by atoms with Crippen LogP contribution >= 0.6 is 0 Å². The lowest BCUT2D eigenvalue weighted by atomic mass is 10.2. The largest absolute Gasteiger partial charge is 0.347 e. The third-order valence-corrected chi connectivity index (χ3v) is 3.50. The summed E-state index contributed by atoms with van der Waals surface area (Å²) in [5, 5.41) is 7.30. The maximum absolute atomic E-state index is 13.9. The predicted molar refractivity (Wildman–Crippen MR) is 95.0 cm³/mol. The van der Waals surface area contributed by atoms with Gasteiger partial charge in [0.2, 0.25) is 11.9 Å². The van der Waals surface area contributed by atoms with Crippen molar-refractivity contribution in [2.24, 2.45) is 0 Å². The summed E-state index contributed by atoms with van der Waals surface area (Å²) in [6.07, 6.45) is 3.28. The van der Waals surface area contributed by atoms with Gasteiger partial charge in [-0.2, -0.15) is 20.1 Å². The number of halogens is 1. The molecule has 0 atom stereocenters. The van der Waals surface area contributed by atoms with Gasteiger partial charge in [0.05, 0.1) is 18.1 Å². The van der Waals surface area contributed by atoms with Gasteiger partial charge in [-0.1, -0.05) is 26.0 Å². The first-order valence-electron chi connectivity index (χ1n) is 7.94. The van der Waals surface area contributed by atoms with E-state index in [1.165, 1.54) is 10.7 Å². The molecule has 1 aromatic carbocycles. The third kappa shape index (κ3) is 3.73. The Morgan fingerprint density at radius 2 is 1.88 bits per heavy atom. The van der Waals surface area contributed by atoms with E-state index < -0.39 is 0 Å². The molecule has 8 heteroatoms. The molecular weight excluding hydrogens is 321 g/mol. The molecule has 2 aromatic heterocycles. The lowest BCUT2D eigenvalue weighted by Crippen LogP contribution is -2.16. The van der Waals surface area contributed by atoms with Crippen LogP contribution in [0.25, 0.3) is 5.69 Å². The van der Waals surface area contributed by atoms with Crippen LogP contribution in [0.3, 0.4) is 0 Å². The molecule has 0 saturated carbocycles. The molecule has 3 rings (SSSR count). The van der Waals surface area contributed by atoms with Crippen LogP contribution in [0.5, 0.6) is 0 Å². The van der Waals surface area contributed by atoms with Crippen molar-refractivity contribution in [1.82, 2.24) is 24.7 Å². The van der Waals surface area contributed by atoms with Crippen LogP contribution in [0, 0.1) is 5.82 Å². The molecule has 0 saturated heterocycles. The second kappa shape index (κ2) is 6.84. The summed E-state index contributed by atoms with van der Waals surface area (Å²) in [6.45, 7) is 4.05. The highest BCUT2D eigenvalue weighted by Gasteiger charge is 2.12. The lowest BCUT2D eigenvalue weighted by molar-refractivity contribution is 0.611. The molecule has 7 nitrogen and oxygen atoms in total. The van der Waals surface area contributed by atoms with Crippen LogP contribution in [0.15, 0.2) is 36.7 Å². The lowest BCUT2D eigenvalue weighted by Gasteiger charge is -2.14. The zero-order valence-electron chi connectivity index (χ0n) is 14.6. The average Bonchev–Trinajstić information content (AvgIpc) is 3.03. The molecule has 25 heavy (non-hydrogen) atoms. The van der Waals surface area contributed by atoms with Gasteiger partial charge in [-0.15, -0.1) is 0 Å². The van der Waals surface area contributed by atoms with Crippen LogP contribution in [0.1, 0.15) is 25.6 Å². The van der Waals surface area contributed by atoms with Gasteiger partial charge in [0.25, 0.3) is 0 Å².